The molecule has 0 spiro atoms. The standard InChI is InChI=1S/C16H21N3S/c1-12(16-18-6-7-20-16)9-17-11-15-8-13-4-2-3-5-14(13)10-19-15/h2-7,12,15,17,19H,8-11H2,1H3. The van der Waals surface area contributed by atoms with Crippen LogP contribution < -0.4 is 10.6 Å². The minimum atomic E-state index is 0.492. The fourth-order valence-corrected chi connectivity index (χ4v) is 3.40. The Hall–Kier alpha value is -1.23. The van der Waals surface area contributed by atoms with Gasteiger partial charge in [-0.2, -0.15) is 0 Å². The van der Waals surface area contributed by atoms with E-state index in [0.717, 1.165) is 26.1 Å². The van der Waals surface area contributed by atoms with E-state index in [1.807, 2.05) is 11.6 Å². The second kappa shape index (κ2) is 6.48. The van der Waals surface area contributed by atoms with Crippen molar-refractivity contribution in [2.75, 3.05) is 13.1 Å². The Balaban J connectivity index is 1.46. The molecule has 0 bridgehead atoms. The van der Waals surface area contributed by atoms with Crippen molar-refractivity contribution in [2.45, 2.75) is 31.8 Å². The Morgan fingerprint density at radius 2 is 2.25 bits per heavy atom. The van der Waals surface area contributed by atoms with E-state index >= 15 is 0 Å². The van der Waals surface area contributed by atoms with Gasteiger partial charge >= 0.3 is 0 Å². The highest BCUT2D eigenvalue weighted by atomic mass is 32.1. The van der Waals surface area contributed by atoms with Crippen LogP contribution in [0.15, 0.2) is 35.8 Å². The van der Waals surface area contributed by atoms with E-state index in [1.165, 1.54) is 16.1 Å². The number of nitrogens with one attached hydrogen (secondary N) is 2. The van der Waals surface area contributed by atoms with Crippen LogP contribution in [0.3, 0.4) is 0 Å². The normalized spacial score (nSPS) is 19.6. The van der Waals surface area contributed by atoms with Crippen molar-refractivity contribution < 1.29 is 0 Å². The molecule has 4 heteroatoms. The molecule has 3 nitrogen and oxygen atoms in total. The predicted molar refractivity (Wildman–Crippen MR) is 84.2 cm³/mol. The van der Waals surface area contributed by atoms with Gasteiger partial charge in [0.15, 0.2) is 0 Å². The average Bonchev–Trinajstić information content (AvgIpc) is 3.01. The van der Waals surface area contributed by atoms with Crippen molar-refractivity contribution in [1.29, 1.82) is 0 Å². The van der Waals surface area contributed by atoms with Crippen LogP contribution in [0.2, 0.25) is 0 Å². The first kappa shape index (κ1) is 13.7. The third-order valence-corrected chi connectivity index (χ3v) is 4.89. The minimum absolute atomic E-state index is 0.492. The van der Waals surface area contributed by atoms with Crippen molar-refractivity contribution in [1.82, 2.24) is 15.6 Å². The van der Waals surface area contributed by atoms with E-state index in [1.54, 1.807) is 11.3 Å². The Labute approximate surface area is 124 Å². The molecule has 2 aromatic rings. The molecule has 2 N–H and O–H groups in total. The van der Waals surface area contributed by atoms with Gasteiger partial charge < -0.3 is 10.6 Å². The molecule has 1 aromatic heterocycles. The average molecular weight is 287 g/mol. The Bertz CT molecular complexity index is 538. The molecule has 0 fully saturated rings. The van der Waals surface area contributed by atoms with Gasteiger partial charge in [0.1, 0.15) is 0 Å². The van der Waals surface area contributed by atoms with Crippen molar-refractivity contribution in [3.05, 3.63) is 52.0 Å². The Kier molecular flexibility index (Phi) is 4.45. The lowest BCUT2D eigenvalue weighted by Crippen LogP contribution is -2.43. The first-order valence-corrected chi connectivity index (χ1v) is 8.11. The maximum absolute atomic E-state index is 4.37. The number of aromatic nitrogens is 1. The number of nitrogens with zero attached hydrogens (tertiary/aromatic N) is 1. The fourth-order valence-electron chi connectivity index (χ4n) is 2.70. The molecule has 0 radical (unpaired) electrons. The van der Waals surface area contributed by atoms with Crippen molar-refractivity contribution in [3.63, 3.8) is 0 Å². The molecular formula is C16H21N3S. The molecule has 0 amide bonds. The van der Waals surface area contributed by atoms with Crippen LogP contribution in [-0.4, -0.2) is 24.1 Å². The lowest BCUT2D eigenvalue weighted by molar-refractivity contribution is 0.441. The summed E-state index contributed by atoms with van der Waals surface area (Å²) in [6, 6.07) is 9.26. The zero-order chi connectivity index (χ0) is 13.8. The largest absolute Gasteiger partial charge is 0.314 e. The monoisotopic (exact) mass is 287 g/mol. The van der Waals surface area contributed by atoms with Crippen LogP contribution in [0.4, 0.5) is 0 Å². The summed E-state index contributed by atoms with van der Waals surface area (Å²) in [5.74, 6) is 0.492. The molecule has 20 heavy (non-hydrogen) atoms. The van der Waals surface area contributed by atoms with Crippen LogP contribution in [0.25, 0.3) is 0 Å². The second-order valence-corrected chi connectivity index (χ2v) is 6.41. The van der Waals surface area contributed by atoms with Gasteiger partial charge in [-0.05, 0) is 17.5 Å². The number of hydrogen-bond donors (Lipinski definition) is 2. The highest BCUT2D eigenvalue weighted by molar-refractivity contribution is 7.09. The van der Waals surface area contributed by atoms with E-state index in [2.05, 4.69) is 46.8 Å². The molecule has 2 heterocycles. The minimum Gasteiger partial charge on any atom is -0.314 e. The summed E-state index contributed by atoms with van der Waals surface area (Å²) in [5.41, 5.74) is 2.94. The number of thiazole rings is 1. The molecule has 1 aliphatic heterocycles. The fraction of sp³-hybridized carbons (Fsp3) is 0.438. The summed E-state index contributed by atoms with van der Waals surface area (Å²) in [7, 11) is 0. The number of benzene rings is 1. The maximum atomic E-state index is 4.37. The zero-order valence-electron chi connectivity index (χ0n) is 11.8. The zero-order valence-corrected chi connectivity index (χ0v) is 12.6. The van der Waals surface area contributed by atoms with Gasteiger partial charge in [-0.1, -0.05) is 31.2 Å². The highest BCUT2D eigenvalue weighted by Gasteiger charge is 2.17. The third-order valence-electron chi connectivity index (χ3n) is 3.88. The summed E-state index contributed by atoms with van der Waals surface area (Å²) in [6.07, 6.45) is 3.00. The van der Waals surface area contributed by atoms with Crippen molar-refractivity contribution >= 4 is 11.3 Å². The summed E-state index contributed by atoms with van der Waals surface area (Å²) in [6.45, 7) is 5.23. The van der Waals surface area contributed by atoms with Gasteiger partial charge in [-0.15, -0.1) is 11.3 Å². The summed E-state index contributed by atoms with van der Waals surface area (Å²) >= 11 is 1.74. The number of hydrogen-bond acceptors (Lipinski definition) is 4. The molecule has 1 aromatic carbocycles. The molecule has 0 aliphatic carbocycles. The predicted octanol–water partition coefficient (Wildman–Crippen LogP) is 2.55. The lowest BCUT2D eigenvalue weighted by Gasteiger charge is -2.26. The molecule has 2 unspecified atom stereocenters. The summed E-state index contributed by atoms with van der Waals surface area (Å²) < 4.78 is 0. The molecule has 0 saturated heterocycles. The quantitative estimate of drug-likeness (QED) is 0.887. The SMILES string of the molecule is CC(CNCC1Cc2ccccc2CN1)c1nccs1. The first-order valence-electron chi connectivity index (χ1n) is 7.23. The third kappa shape index (κ3) is 3.26. The summed E-state index contributed by atoms with van der Waals surface area (Å²) in [5, 5.41) is 10.5. The first-order chi connectivity index (χ1) is 9.83. The molecule has 3 rings (SSSR count). The van der Waals surface area contributed by atoms with E-state index in [9.17, 15) is 0 Å². The van der Waals surface area contributed by atoms with Crippen LogP contribution in [0.5, 0.6) is 0 Å². The summed E-state index contributed by atoms with van der Waals surface area (Å²) in [4.78, 5) is 4.37. The van der Waals surface area contributed by atoms with Crippen LogP contribution in [0, 0.1) is 0 Å². The van der Waals surface area contributed by atoms with Crippen LogP contribution in [0.1, 0.15) is 29.0 Å². The second-order valence-electron chi connectivity index (χ2n) is 5.48. The van der Waals surface area contributed by atoms with Gasteiger partial charge in [0.25, 0.3) is 0 Å². The number of rotatable bonds is 5. The molecule has 2 atom stereocenters. The number of fused-ring (bicyclic) bond motifs is 1. The molecule has 106 valence electrons. The van der Waals surface area contributed by atoms with Gasteiger partial charge in [0.05, 0.1) is 5.01 Å². The van der Waals surface area contributed by atoms with E-state index < -0.39 is 0 Å². The Morgan fingerprint density at radius 1 is 1.40 bits per heavy atom. The van der Waals surface area contributed by atoms with E-state index in [-0.39, 0.29) is 0 Å². The van der Waals surface area contributed by atoms with Gasteiger partial charge in [-0.3, -0.25) is 0 Å². The van der Waals surface area contributed by atoms with Crippen LogP contribution in [-0.2, 0) is 13.0 Å². The van der Waals surface area contributed by atoms with E-state index in [0.29, 0.717) is 12.0 Å². The smallest absolute Gasteiger partial charge is 0.0965 e. The highest BCUT2D eigenvalue weighted by Crippen LogP contribution is 2.17. The molecule has 1 aliphatic rings. The van der Waals surface area contributed by atoms with Gasteiger partial charge in [0, 0.05) is 43.2 Å². The lowest BCUT2D eigenvalue weighted by atomic mass is 9.96. The topological polar surface area (TPSA) is 37.0 Å². The van der Waals surface area contributed by atoms with Crippen LogP contribution >= 0.6 is 11.3 Å². The van der Waals surface area contributed by atoms with Crippen molar-refractivity contribution in [2.24, 2.45) is 0 Å². The maximum Gasteiger partial charge on any atom is 0.0965 e. The molecular weight excluding hydrogens is 266 g/mol. The molecule has 0 saturated carbocycles. The van der Waals surface area contributed by atoms with Crippen molar-refractivity contribution in [3.8, 4) is 0 Å². The van der Waals surface area contributed by atoms with Gasteiger partial charge in [-0.25, -0.2) is 4.98 Å². The Morgan fingerprint density at radius 3 is 3.05 bits per heavy atom. The van der Waals surface area contributed by atoms with E-state index in [4.69, 9.17) is 0 Å². The van der Waals surface area contributed by atoms with Gasteiger partial charge in [0.2, 0.25) is 0 Å².